The SMILES string of the molecule is O=C(O)C1C2CCCC2CN1C(=O)COc1cccc(F)c1. The number of aliphatic carboxylic acids is 1. The van der Waals surface area contributed by atoms with Gasteiger partial charge in [0.25, 0.3) is 5.91 Å². The summed E-state index contributed by atoms with van der Waals surface area (Å²) in [5, 5.41) is 9.42. The second-order valence-corrected chi connectivity index (χ2v) is 5.93. The van der Waals surface area contributed by atoms with E-state index in [-0.39, 0.29) is 30.1 Å². The van der Waals surface area contributed by atoms with Crippen molar-refractivity contribution in [2.45, 2.75) is 25.3 Å². The van der Waals surface area contributed by atoms with Crippen LogP contribution in [-0.2, 0) is 9.59 Å². The lowest BCUT2D eigenvalue weighted by atomic mass is 9.94. The molecule has 1 aliphatic carbocycles. The smallest absolute Gasteiger partial charge is 0.326 e. The van der Waals surface area contributed by atoms with Gasteiger partial charge in [-0.25, -0.2) is 9.18 Å². The zero-order chi connectivity index (χ0) is 15.7. The molecule has 0 bridgehead atoms. The minimum Gasteiger partial charge on any atom is -0.484 e. The number of amides is 1. The molecule has 2 fully saturated rings. The van der Waals surface area contributed by atoms with Crippen molar-refractivity contribution in [1.82, 2.24) is 4.90 Å². The molecular weight excluding hydrogens is 289 g/mol. The van der Waals surface area contributed by atoms with Crippen molar-refractivity contribution in [3.8, 4) is 5.75 Å². The van der Waals surface area contributed by atoms with Gasteiger partial charge in [0.15, 0.2) is 6.61 Å². The van der Waals surface area contributed by atoms with Crippen LogP contribution in [0.3, 0.4) is 0 Å². The fourth-order valence-corrected chi connectivity index (χ4v) is 3.66. The topological polar surface area (TPSA) is 66.8 Å². The van der Waals surface area contributed by atoms with Crippen LogP contribution in [0.1, 0.15) is 19.3 Å². The number of benzene rings is 1. The van der Waals surface area contributed by atoms with E-state index >= 15 is 0 Å². The summed E-state index contributed by atoms with van der Waals surface area (Å²) in [6.45, 7) is 0.208. The Morgan fingerprint density at radius 3 is 2.91 bits per heavy atom. The first-order valence-corrected chi connectivity index (χ1v) is 7.47. The first-order chi connectivity index (χ1) is 10.6. The second kappa shape index (κ2) is 5.94. The van der Waals surface area contributed by atoms with Crippen LogP contribution in [0.2, 0.25) is 0 Å². The van der Waals surface area contributed by atoms with E-state index in [4.69, 9.17) is 4.74 Å². The van der Waals surface area contributed by atoms with E-state index in [1.54, 1.807) is 6.07 Å². The number of carboxylic acid groups (broad SMARTS) is 1. The van der Waals surface area contributed by atoms with E-state index in [1.807, 2.05) is 0 Å². The molecular formula is C16H18FNO4. The van der Waals surface area contributed by atoms with Crippen molar-refractivity contribution in [2.75, 3.05) is 13.2 Å². The normalized spacial score (nSPS) is 26.8. The molecule has 5 nitrogen and oxygen atoms in total. The number of likely N-dealkylation sites (tertiary alicyclic amines) is 1. The lowest BCUT2D eigenvalue weighted by Gasteiger charge is -2.24. The highest BCUT2D eigenvalue weighted by molar-refractivity contribution is 5.85. The third-order valence-electron chi connectivity index (χ3n) is 4.62. The van der Waals surface area contributed by atoms with Crippen molar-refractivity contribution in [3.05, 3.63) is 30.1 Å². The minimum absolute atomic E-state index is 0.0515. The summed E-state index contributed by atoms with van der Waals surface area (Å²) in [4.78, 5) is 25.2. The molecule has 1 heterocycles. The summed E-state index contributed by atoms with van der Waals surface area (Å²) in [7, 11) is 0. The number of ether oxygens (including phenoxy) is 1. The first-order valence-electron chi connectivity index (χ1n) is 7.47. The largest absolute Gasteiger partial charge is 0.484 e. The van der Waals surface area contributed by atoms with Gasteiger partial charge in [0.1, 0.15) is 17.6 Å². The van der Waals surface area contributed by atoms with Crippen LogP contribution in [-0.4, -0.2) is 41.1 Å². The summed E-state index contributed by atoms with van der Waals surface area (Å²) in [5.41, 5.74) is 0. The van der Waals surface area contributed by atoms with Gasteiger partial charge in [-0.2, -0.15) is 0 Å². The van der Waals surface area contributed by atoms with Gasteiger partial charge in [-0.05, 0) is 36.8 Å². The van der Waals surface area contributed by atoms with Crippen molar-refractivity contribution in [1.29, 1.82) is 0 Å². The zero-order valence-electron chi connectivity index (χ0n) is 12.1. The molecule has 2 aliphatic rings. The maximum Gasteiger partial charge on any atom is 0.326 e. The predicted molar refractivity (Wildman–Crippen MR) is 75.9 cm³/mol. The molecule has 3 rings (SSSR count). The molecule has 6 heteroatoms. The predicted octanol–water partition coefficient (Wildman–Crippen LogP) is 1.92. The molecule has 0 spiro atoms. The number of hydrogen-bond donors (Lipinski definition) is 1. The molecule has 0 radical (unpaired) electrons. The van der Waals surface area contributed by atoms with E-state index in [2.05, 4.69) is 0 Å². The highest BCUT2D eigenvalue weighted by Gasteiger charge is 2.49. The van der Waals surface area contributed by atoms with Gasteiger partial charge in [0.2, 0.25) is 0 Å². The fraction of sp³-hybridized carbons (Fsp3) is 0.500. The number of halogens is 1. The Bertz CT molecular complexity index is 591. The quantitative estimate of drug-likeness (QED) is 0.923. The summed E-state index contributed by atoms with van der Waals surface area (Å²) in [6, 6.07) is 4.78. The van der Waals surface area contributed by atoms with Crippen LogP contribution < -0.4 is 4.74 Å². The maximum absolute atomic E-state index is 13.1. The monoisotopic (exact) mass is 307 g/mol. The van der Waals surface area contributed by atoms with Gasteiger partial charge in [-0.3, -0.25) is 4.79 Å². The Kier molecular flexibility index (Phi) is 4.00. The molecule has 3 unspecified atom stereocenters. The highest BCUT2D eigenvalue weighted by Crippen LogP contribution is 2.42. The molecule has 3 atom stereocenters. The number of nitrogens with zero attached hydrogens (tertiary/aromatic N) is 1. The van der Waals surface area contributed by atoms with Gasteiger partial charge < -0.3 is 14.7 Å². The average molecular weight is 307 g/mol. The Hall–Kier alpha value is -2.11. The standard InChI is InChI=1S/C16H18FNO4/c17-11-4-2-5-12(7-11)22-9-14(19)18-8-10-3-1-6-13(10)15(18)16(20)21/h2,4-5,7,10,13,15H,1,3,6,8-9H2,(H,20,21). The van der Waals surface area contributed by atoms with E-state index in [0.29, 0.717) is 6.54 Å². The Labute approximate surface area is 127 Å². The van der Waals surface area contributed by atoms with Gasteiger partial charge in [-0.1, -0.05) is 12.5 Å². The van der Waals surface area contributed by atoms with Crippen LogP contribution in [0, 0.1) is 17.7 Å². The number of carboxylic acids is 1. The van der Waals surface area contributed by atoms with E-state index in [1.165, 1.54) is 23.1 Å². The molecule has 22 heavy (non-hydrogen) atoms. The van der Waals surface area contributed by atoms with Gasteiger partial charge in [0, 0.05) is 12.6 Å². The van der Waals surface area contributed by atoms with Gasteiger partial charge in [0.05, 0.1) is 0 Å². The molecule has 1 aromatic carbocycles. The molecule has 1 amide bonds. The lowest BCUT2D eigenvalue weighted by molar-refractivity contribution is -0.150. The first kappa shape index (κ1) is 14.8. The number of carbonyl (C=O) groups excluding carboxylic acids is 1. The average Bonchev–Trinajstić information content (AvgIpc) is 3.04. The Morgan fingerprint density at radius 2 is 2.18 bits per heavy atom. The van der Waals surface area contributed by atoms with Crippen LogP contribution in [0.5, 0.6) is 5.75 Å². The fourth-order valence-electron chi connectivity index (χ4n) is 3.66. The van der Waals surface area contributed by atoms with Crippen molar-refractivity contribution >= 4 is 11.9 Å². The number of fused-ring (bicyclic) bond motifs is 1. The van der Waals surface area contributed by atoms with Crippen LogP contribution in [0.15, 0.2) is 24.3 Å². The number of hydrogen-bond acceptors (Lipinski definition) is 3. The zero-order valence-corrected chi connectivity index (χ0v) is 12.1. The minimum atomic E-state index is -0.950. The molecule has 1 saturated heterocycles. The summed E-state index contributed by atoms with van der Waals surface area (Å²) >= 11 is 0. The van der Waals surface area contributed by atoms with Crippen LogP contribution in [0.25, 0.3) is 0 Å². The number of carbonyl (C=O) groups is 2. The van der Waals surface area contributed by atoms with Crippen molar-refractivity contribution < 1.29 is 23.8 Å². The molecule has 1 aliphatic heterocycles. The van der Waals surface area contributed by atoms with Crippen LogP contribution in [0.4, 0.5) is 4.39 Å². The lowest BCUT2D eigenvalue weighted by Crippen LogP contribution is -2.45. The molecule has 118 valence electrons. The summed E-state index contributed by atoms with van der Waals surface area (Å²) in [5.74, 6) is -1.15. The summed E-state index contributed by atoms with van der Waals surface area (Å²) in [6.07, 6.45) is 2.86. The van der Waals surface area contributed by atoms with Crippen molar-refractivity contribution in [2.24, 2.45) is 11.8 Å². The molecule has 1 N–H and O–H groups in total. The third-order valence-corrected chi connectivity index (χ3v) is 4.62. The number of rotatable bonds is 4. The van der Waals surface area contributed by atoms with Crippen LogP contribution >= 0.6 is 0 Å². The summed E-state index contributed by atoms with van der Waals surface area (Å²) < 4.78 is 18.4. The Balaban J connectivity index is 1.65. The van der Waals surface area contributed by atoms with E-state index in [9.17, 15) is 19.1 Å². The molecule has 0 aromatic heterocycles. The highest BCUT2D eigenvalue weighted by atomic mass is 19.1. The second-order valence-electron chi connectivity index (χ2n) is 5.93. The molecule has 1 saturated carbocycles. The third kappa shape index (κ3) is 2.77. The van der Waals surface area contributed by atoms with Gasteiger partial charge in [-0.15, -0.1) is 0 Å². The molecule has 1 aromatic rings. The maximum atomic E-state index is 13.1. The van der Waals surface area contributed by atoms with E-state index < -0.39 is 17.8 Å². The van der Waals surface area contributed by atoms with E-state index in [0.717, 1.165) is 19.3 Å². The Morgan fingerprint density at radius 1 is 1.36 bits per heavy atom. The van der Waals surface area contributed by atoms with Crippen molar-refractivity contribution in [3.63, 3.8) is 0 Å². The van der Waals surface area contributed by atoms with Gasteiger partial charge >= 0.3 is 5.97 Å².